The number of benzene rings is 2. The lowest BCUT2D eigenvalue weighted by molar-refractivity contribution is -0.121. The first-order valence-electron chi connectivity index (χ1n) is 11.9. The van der Waals surface area contributed by atoms with Gasteiger partial charge in [-0.2, -0.15) is 4.31 Å². The molecule has 0 radical (unpaired) electrons. The van der Waals surface area contributed by atoms with Gasteiger partial charge in [0.2, 0.25) is 10.0 Å². The Morgan fingerprint density at radius 3 is 2.62 bits per heavy atom. The number of carbonyl (C=O) groups is 2. The van der Waals surface area contributed by atoms with Gasteiger partial charge in [-0.3, -0.25) is 14.9 Å². The third kappa shape index (κ3) is 5.23. The van der Waals surface area contributed by atoms with Gasteiger partial charge in [-0.1, -0.05) is 6.92 Å². The number of thiazole rings is 1. The summed E-state index contributed by atoms with van der Waals surface area (Å²) in [6, 6.07) is 11.4. The Labute approximate surface area is 218 Å². The molecule has 0 atom stereocenters. The van der Waals surface area contributed by atoms with Crippen LogP contribution in [0.2, 0.25) is 0 Å². The smallest absolute Gasteiger partial charge is 0.265 e. The van der Waals surface area contributed by atoms with Crippen LogP contribution in [0.25, 0.3) is 11.3 Å². The molecule has 1 aromatic heterocycles. The molecule has 2 aliphatic rings. The standard InChI is InChI=1S/C25H26N4O6S2/c1-2-9-29-21-14-18(5-8-22(21)35-15-23(29)30)20-16-36-25(26-20)27-24(31)17-3-6-19(7-4-17)37(32,33)28-10-12-34-13-11-28/h3-8,14,16H,2,9-13,15H2,1H3,(H,26,27,31). The predicted molar refractivity (Wildman–Crippen MR) is 140 cm³/mol. The number of ether oxygens (including phenoxy) is 2. The van der Waals surface area contributed by atoms with E-state index in [2.05, 4.69) is 10.3 Å². The lowest BCUT2D eigenvalue weighted by Crippen LogP contribution is -2.40. The summed E-state index contributed by atoms with van der Waals surface area (Å²) in [6.07, 6.45) is 0.822. The number of sulfonamides is 1. The Hall–Kier alpha value is -3.32. The van der Waals surface area contributed by atoms with Crippen LogP contribution in [0, 0.1) is 0 Å². The summed E-state index contributed by atoms with van der Waals surface area (Å²) in [5.41, 5.74) is 2.48. The molecule has 1 saturated heterocycles. The second-order valence-corrected chi connectivity index (χ2v) is 11.3. The molecule has 0 spiro atoms. The van der Waals surface area contributed by atoms with Crippen molar-refractivity contribution in [1.82, 2.24) is 9.29 Å². The molecule has 1 fully saturated rings. The quantitative estimate of drug-likeness (QED) is 0.487. The fourth-order valence-corrected chi connectivity index (χ4v) is 6.30. The van der Waals surface area contributed by atoms with E-state index in [9.17, 15) is 18.0 Å². The van der Waals surface area contributed by atoms with Gasteiger partial charge in [0, 0.05) is 36.1 Å². The van der Waals surface area contributed by atoms with E-state index in [0.717, 1.165) is 12.0 Å². The van der Waals surface area contributed by atoms with Crippen molar-refractivity contribution in [3.8, 4) is 17.0 Å². The van der Waals surface area contributed by atoms with E-state index >= 15 is 0 Å². The molecule has 0 aliphatic carbocycles. The zero-order valence-corrected chi connectivity index (χ0v) is 21.8. The number of morpholine rings is 1. The van der Waals surface area contributed by atoms with Gasteiger partial charge >= 0.3 is 0 Å². The summed E-state index contributed by atoms with van der Waals surface area (Å²) in [5.74, 6) is 0.177. The number of aromatic nitrogens is 1. The van der Waals surface area contributed by atoms with E-state index in [1.807, 2.05) is 30.5 Å². The molecule has 0 bridgehead atoms. The van der Waals surface area contributed by atoms with E-state index in [1.54, 1.807) is 4.90 Å². The molecule has 2 aromatic carbocycles. The molecule has 194 valence electrons. The summed E-state index contributed by atoms with van der Waals surface area (Å²) in [4.78, 5) is 31.5. The number of nitrogens with zero attached hydrogens (tertiary/aromatic N) is 3. The number of amides is 2. The second-order valence-electron chi connectivity index (χ2n) is 8.55. The first kappa shape index (κ1) is 25.3. The number of fused-ring (bicyclic) bond motifs is 1. The van der Waals surface area contributed by atoms with Crippen LogP contribution in [0.5, 0.6) is 5.75 Å². The Morgan fingerprint density at radius 1 is 1.14 bits per heavy atom. The van der Waals surface area contributed by atoms with Crippen LogP contribution in [-0.4, -0.2) is 69.0 Å². The largest absolute Gasteiger partial charge is 0.482 e. The molecule has 2 aliphatic heterocycles. The molecular formula is C25H26N4O6S2. The fourth-order valence-electron chi connectivity index (χ4n) is 4.18. The van der Waals surface area contributed by atoms with E-state index in [1.165, 1.54) is 39.9 Å². The molecule has 12 heteroatoms. The highest BCUT2D eigenvalue weighted by Crippen LogP contribution is 2.37. The Balaban J connectivity index is 1.29. The van der Waals surface area contributed by atoms with Crippen molar-refractivity contribution in [2.45, 2.75) is 18.2 Å². The van der Waals surface area contributed by atoms with Crippen LogP contribution < -0.4 is 15.0 Å². The van der Waals surface area contributed by atoms with E-state index in [0.29, 0.717) is 60.7 Å². The molecule has 2 amide bonds. The summed E-state index contributed by atoms with van der Waals surface area (Å²) in [5, 5.41) is 5.00. The summed E-state index contributed by atoms with van der Waals surface area (Å²) >= 11 is 1.27. The van der Waals surface area contributed by atoms with Gasteiger partial charge in [0.25, 0.3) is 11.8 Å². The molecular weight excluding hydrogens is 516 g/mol. The van der Waals surface area contributed by atoms with Crippen molar-refractivity contribution in [3.63, 3.8) is 0 Å². The molecule has 0 unspecified atom stereocenters. The molecule has 0 saturated carbocycles. The van der Waals surface area contributed by atoms with Crippen LogP contribution in [0.15, 0.2) is 52.7 Å². The maximum atomic E-state index is 12.8. The Kier molecular flexibility index (Phi) is 7.24. The van der Waals surface area contributed by atoms with E-state index in [4.69, 9.17) is 9.47 Å². The van der Waals surface area contributed by atoms with Gasteiger partial charge in [-0.15, -0.1) is 11.3 Å². The predicted octanol–water partition coefficient (Wildman–Crippen LogP) is 3.22. The molecule has 3 heterocycles. The molecule has 10 nitrogen and oxygen atoms in total. The van der Waals surface area contributed by atoms with Gasteiger partial charge in [0.15, 0.2) is 11.7 Å². The van der Waals surface area contributed by atoms with Gasteiger partial charge < -0.3 is 14.4 Å². The second kappa shape index (κ2) is 10.6. The van der Waals surface area contributed by atoms with E-state index in [-0.39, 0.29) is 17.4 Å². The number of rotatable bonds is 7. The first-order valence-corrected chi connectivity index (χ1v) is 14.2. The zero-order valence-electron chi connectivity index (χ0n) is 20.2. The van der Waals surface area contributed by atoms with Crippen LogP contribution in [0.3, 0.4) is 0 Å². The topological polar surface area (TPSA) is 118 Å². The lowest BCUT2D eigenvalue weighted by Gasteiger charge is -2.29. The highest BCUT2D eigenvalue weighted by molar-refractivity contribution is 7.89. The van der Waals surface area contributed by atoms with Crippen molar-refractivity contribution in [2.75, 3.05) is 49.7 Å². The fraction of sp³-hybridized carbons (Fsp3) is 0.320. The minimum Gasteiger partial charge on any atom is -0.482 e. The average molecular weight is 543 g/mol. The molecule has 3 aromatic rings. The average Bonchev–Trinajstić information content (AvgIpc) is 3.39. The number of carbonyl (C=O) groups excluding carboxylic acids is 2. The Bertz CT molecular complexity index is 1420. The van der Waals surface area contributed by atoms with Gasteiger partial charge in [0.05, 0.1) is 29.5 Å². The summed E-state index contributed by atoms with van der Waals surface area (Å²) in [7, 11) is -3.63. The zero-order chi connectivity index (χ0) is 26.0. The highest BCUT2D eigenvalue weighted by atomic mass is 32.2. The minimum atomic E-state index is -3.63. The van der Waals surface area contributed by atoms with Crippen molar-refractivity contribution in [1.29, 1.82) is 0 Å². The minimum absolute atomic E-state index is 0.0271. The van der Waals surface area contributed by atoms with Gasteiger partial charge in [0.1, 0.15) is 5.75 Å². The summed E-state index contributed by atoms with van der Waals surface area (Å²) < 4.78 is 37.8. The molecule has 5 rings (SSSR count). The van der Waals surface area contributed by atoms with Gasteiger partial charge in [-0.25, -0.2) is 13.4 Å². The van der Waals surface area contributed by atoms with Crippen LogP contribution in [-0.2, 0) is 19.6 Å². The Morgan fingerprint density at radius 2 is 1.89 bits per heavy atom. The maximum Gasteiger partial charge on any atom is 0.265 e. The van der Waals surface area contributed by atoms with E-state index < -0.39 is 15.9 Å². The third-order valence-corrected chi connectivity index (χ3v) is 8.76. The SMILES string of the molecule is CCCN1C(=O)COc2ccc(-c3csc(NC(=O)c4ccc(S(=O)(=O)N5CCOCC5)cc4)n3)cc21. The number of hydrogen-bond acceptors (Lipinski definition) is 8. The van der Waals surface area contributed by atoms with Crippen molar-refractivity contribution >= 4 is 44.0 Å². The monoisotopic (exact) mass is 542 g/mol. The first-order chi connectivity index (χ1) is 17.9. The van der Waals surface area contributed by atoms with Crippen molar-refractivity contribution in [2.24, 2.45) is 0 Å². The number of hydrogen-bond donors (Lipinski definition) is 1. The molecule has 37 heavy (non-hydrogen) atoms. The highest BCUT2D eigenvalue weighted by Gasteiger charge is 2.27. The van der Waals surface area contributed by atoms with Crippen LogP contribution in [0.4, 0.5) is 10.8 Å². The number of anilines is 2. The summed E-state index contributed by atoms with van der Waals surface area (Å²) in [6.45, 7) is 3.98. The third-order valence-electron chi connectivity index (χ3n) is 6.09. The van der Waals surface area contributed by atoms with Crippen molar-refractivity contribution in [3.05, 3.63) is 53.4 Å². The van der Waals surface area contributed by atoms with Gasteiger partial charge in [-0.05, 0) is 48.9 Å². The van der Waals surface area contributed by atoms with Crippen molar-refractivity contribution < 1.29 is 27.5 Å². The lowest BCUT2D eigenvalue weighted by atomic mass is 10.1. The molecule has 1 N–H and O–H groups in total. The normalized spacial score (nSPS) is 16.2. The van der Waals surface area contributed by atoms with Crippen LogP contribution in [0.1, 0.15) is 23.7 Å². The van der Waals surface area contributed by atoms with Crippen LogP contribution >= 0.6 is 11.3 Å². The number of nitrogens with one attached hydrogen (secondary N) is 1. The maximum absolute atomic E-state index is 12.8.